The number of carboxylic acids is 6. The van der Waals surface area contributed by atoms with Crippen molar-refractivity contribution in [2.45, 2.75) is 0 Å². The van der Waals surface area contributed by atoms with Crippen LogP contribution < -0.4 is 0 Å². The normalized spacial score (nSPS) is 9.63. The number of nitrogens with zero attached hydrogens (tertiary/aromatic N) is 3. The van der Waals surface area contributed by atoms with Crippen molar-refractivity contribution in [1.82, 2.24) is 14.7 Å². The molecular weight excluding hydrogens is 610 g/mol. The van der Waals surface area contributed by atoms with E-state index in [-0.39, 0.29) is 113 Å². The fourth-order valence-electron chi connectivity index (χ4n) is 2.21. The van der Waals surface area contributed by atoms with Crippen molar-refractivity contribution < 1.29 is 109 Å². The van der Waals surface area contributed by atoms with Gasteiger partial charge >= 0.3 is 35.8 Å². The summed E-state index contributed by atoms with van der Waals surface area (Å²) >= 11 is 0. The first-order chi connectivity index (χ1) is 16.7. The second kappa shape index (κ2) is 29.2. The molecule has 0 spiro atoms. The molecule has 0 atom stereocenters. The van der Waals surface area contributed by atoms with Crippen LogP contribution >= 0.6 is 0 Å². The van der Waals surface area contributed by atoms with E-state index in [2.05, 4.69) is 0 Å². The zero-order valence-corrected chi connectivity index (χ0v) is 22.2. The van der Waals surface area contributed by atoms with Gasteiger partial charge in [0.1, 0.15) is 0 Å². The van der Waals surface area contributed by atoms with Gasteiger partial charge < -0.3 is 46.0 Å². The van der Waals surface area contributed by atoms with E-state index in [1.54, 1.807) is 0 Å². The monoisotopic (exact) mass is 643 g/mol. The van der Waals surface area contributed by atoms with E-state index < -0.39 is 35.8 Å². The second-order valence-electron chi connectivity index (χ2n) is 6.67. The number of carboxylic acid groups (broad SMARTS) is 6. The Kier molecular flexibility index (Phi) is 35.0. The number of hydrogen-bond donors (Lipinski definition) is 9. The van der Waals surface area contributed by atoms with Crippen LogP contribution in [0.4, 0.5) is 0 Å². The van der Waals surface area contributed by atoms with Crippen molar-refractivity contribution in [2.75, 3.05) is 78.7 Å². The van der Waals surface area contributed by atoms with Crippen LogP contribution in [0.25, 0.3) is 0 Å². The minimum atomic E-state index is -1.11. The van der Waals surface area contributed by atoms with E-state index in [0.717, 1.165) is 14.7 Å². The average molecular weight is 643 g/mol. The van der Waals surface area contributed by atoms with Crippen molar-refractivity contribution in [3.05, 3.63) is 0 Å². The zero-order chi connectivity index (χ0) is 28.7. The molecule has 0 heterocycles. The third-order valence-electron chi connectivity index (χ3n) is 3.40. The molecular formula is C18H33Fe2N3O15. The van der Waals surface area contributed by atoms with Crippen LogP contribution in [-0.2, 0) is 62.9 Å². The van der Waals surface area contributed by atoms with Crippen molar-refractivity contribution in [3.8, 4) is 0 Å². The zero-order valence-electron chi connectivity index (χ0n) is 20.0. The molecule has 0 aliphatic rings. The van der Waals surface area contributed by atoms with Gasteiger partial charge in [-0.15, -0.1) is 0 Å². The Hall–Kier alpha value is -2.38. The largest absolute Gasteiger partial charge is 0.480 e. The van der Waals surface area contributed by atoms with Crippen LogP contribution in [0, 0.1) is 0 Å². The predicted molar refractivity (Wildman–Crippen MR) is 116 cm³/mol. The quantitative estimate of drug-likeness (QED) is 0.0634. The maximum atomic E-state index is 10.1. The van der Waals surface area contributed by atoms with Crippen molar-refractivity contribution in [1.29, 1.82) is 0 Å². The Morgan fingerprint density at radius 1 is 0.368 bits per heavy atom. The number of rotatable bonds is 18. The van der Waals surface area contributed by atoms with Crippen molar-refractivity contribution in [3.63, 3.8) is 0 Å². The van der Waals surface area contributed by atoms with Gasteiger partial charge in [-0.3, -0.25) is 43.5 Å². The third-order valence-corrected chi connectivity index (χ3v) is 3.40. The van der Waals surface area contributed by atoms with Crippen LogP contribution in [0.2, 0.25) is 0 Å². The van der Waals surface area contributed by atoms with E-state index in [1.807, 2.05) is 0 Å². The summed E-state index contributed by atoms with van der Waals surface area (Å²) in [4.78, 5) is 64.3. The molecule has 0 fully saturated rings. The molecule has 0 saturated carbocycles. The Balaban J connectivity index is -0.000000140. The molecule has 0 bridgehead atoms. The summed E-state index contributed by atoms with van der Waals surface area (Å²) in [5, 5.41) is 75.1. The first-order valence-corrected chi connectivity index (χ1v) is 9.98. The number of aliphatic hydroxyl groups excluding tert-OH is 3. The molecule has 20 heteroatoms. The van der Waals surface area contributed by atoms with Crippen LogP contribution in [0.1, 0.15) is 0 Å². The number of hydrogen-bond acceptors (Lipinski definition) is 12. The summed E-state index contributed by atoms with van der Waals surface area (Å²) in [7, 11) is 0. The SMILES string of the molecule is O=C(O)CN(CCO)CC(=O)O.O=C(O)CN(CCO)CC(=O)O.O=C(O)CN(CCO)CC(=O)O.[Fe].[Fe]. The second-order valence-corrected chi connectivity index (χ2v) is 6.67. The Morgan fingerprint density at radius 2 is 0.500 bits per heavy atom. The summed E-state index contributed by atoms with van der Waals surface area (Å²) in [6.45, 7) is -2.80. The van der Waals surface area contributed by atoms with Gasteiger partial charge in [0, 0.05) is 53.8 Å². The Morgan fingerprint density at radius 3 is 0.579 bits per heavy atom. The molecule has 9 N–H and O–H groups in total. The maximum Gasteiger partial charge on any atom is 0.317 e. The molecule has 226 valence electrons. The standard InChI is InChI=1S/3C6H11NO5.2Fe/c3*8-2-1-7(3-5(9)10)4-6(11)12;;/h3*8H,1-4H2,(H,9,10)(H,11,12);;. The molecule has 0 amide bonds. The van der Waals surface area contributed by atoms with Gasteiger partial charge in [0.05, 0.1) is 59.1 Å². The van der Waals surface area contributed by atoms with Crippen LogP contribution in [-0.4, -0.2) is 175 Å². The van der Waals surface area contributed by atoms with Gasteiger partial charge in [-0.1, -0.05) is 0 Å². The van der Waals surface area contributed by atoms with Crippen molar-refractivity contribution >= 4 is 35.8 Å². The molecule has 0 radical (unpaired) electrons. The molecule has 0 aromatic rings. The summed E-state index contributed by atoms with van der Waals surface area (Å²) < 4.78 is 0. The smallest absolute Gasteiger partial charge is 0.317 e. The molecule has 0 aliphatic heterocycles. The fraction of sp³-hybridized carbons (Fsp3) is 0.667. The maximum absolute atomic E-state index is 10.1. The summed E-state index contributed by atoms with van der Waals surface area (Å²) in [5.74, 6) is -6.64. The Labute approximate surface area is 238 Å². The Bertz CT molecular complexity index is 562. The van der Waals surface area contributed by atoms with Crippen molar-refractivity contribution in [2.24, 2.45) is 0 Å². The summed E-state index contributed by atoms with van der Waals surface area (Å²) in [5.41, 5.74) is 0. The van der Waals surface area contributed by atoms with Crippen LogP contribution in [0.5, 0.6) is 0 Å². The minimum Gasteiger partial charge on any atom is -0.480 e. The van der Waals surface area contributed by atoms with Gasteiger partial charge in [0.25, 0.3) is 0 Å². The molecule has 18 nitrogen and oxygen atoms in total. The molecule has 0 unspecified atom stereocenters. The fourth-order valence-corrected chi connectivity index (χ4v) is 2.21. The molecule has 38 heavy (non-hydrogen) atoms. The van der Waals surface area contributed by atoms with Crippen LogP contribution in [0.15, 0.2) is 0 Å². The van der Waals surface area contributed by atoms with Crippen LogP contribution in [0.3, 0.4) is 0 Å². The van der Waals surface area contributed by atoms with Gasteiger partial charge in [-0.25, -0.2) is 0 Å². The molecule has 0 aliphatic carbocycles. The minimum absolute atomic E-state index is 0. The van der Waals surface area contributed by atoms with E-state index in [9.17, 15) is 28.8 Å². The number of aliphatic hydroxyl groups is 3. The van der Waals surface area contributed by atoms with E-state index >= 15 is 0 Å². The molecule has 0 saturated heterocycles. The first-order valence-electron chi connectivity index (χ1n) is 9.98. The number of aliphatic carboxylic acids is 6. The van der Waals surface area contributed by atoms with Gasteiger partial charge in [-0.05, 0) is 0 Å². The van der Waals surface area contributed by atoms with E-state index in [4.69, 9.17) is 46.0 Å². The van der Waals surface area contributed by atoms with E-state index in [1.165, 1.54) is 0 Å². The van der Waals surface area contributed by atoms with Gasteiger partial charge in [-0.2, -0.15) is 0 Å². The molecule has 0 aromatic heterocycles. The summed E-state index contributed by atoms with van der Waals surface area (Å²) in [6, 6.07) is 0. The van der Waals surface area contributed by atoms with Gasteiger partial charge in [0.15, 0.2) is 0 Å². The summed E-state index contributed by atoms with van der Waals surface area (Å²) in [6.07, 6.45) is 0. The average Bonchev–Trinajstić information content (AvgIpc) is 2.66. The topological polar surface area (TPSA) is 294 Å². The predicted octanol–water partition coefficient (Wildman–Crippen LogP) is -4.66. The number of carbonyl (C=O) groups is 6. The molecule has 0 aromatic carbocycles. The first kappa shape index (κ1) is 45.5. The van der Waals surface area contributed by atoms with Gasteiger partial charge in [0.2, 0.25) is 0 Å². The third kappa shape index (κ3) is 38.2. The van der Waals surface area contributed by atoms with E-state index in [0.29, 0.717) is 0 Å². The molecule has 0 rings (SSSR count).